The molecule has 0 N–H and O–H groups in total. The molecule has 1 amide bonds. The van der Waals surface area contributed by atoms with Crippen molar-refractivity contribution in [3.63, 3.8) is 0 Å². The number of Topliss-reactive ketones (excluding diaryl/α,β-unsaturated/α-hetero) is 1. The lowest BCUT2D eigenvalue weighted by molar-refractivity contribution is 0.0416. The molecule has 0 aromatic heterocycles. The summed E-state index contributed by atoms with van der Waals surface area (Å²) >= 11 is 0. The summed E-state index contributed by atoms with van der Waals surface area (Å²) in [5, 5.41) is 0. The quantitative estimate of drug-likeness (QED) is 0.715. The van der Waals surface area contributed by atoms with Crippen LogP contribution in [0.3, 0.4) is 0 Å². The van der Waals surface area contributed by atoms with Crippen molar-refractivity contribution in [2.75, 3.05) is 40.5 Å². The lowest BCUT2D eigenvalue weighted by atomic mass is 10.1. The summed E-state index contributed by atoms with van der Waals surface area (Å²) in [6, 6.07) is 9.98. The van der Waals surface area contributed by atoms with Crippen LogP contribution in [-0.4, -0.2) is 57.3 Å². The number of morpholine rings is 1. The lowest BCUT2D eigenvalue weighted by Gasteiger charge is -2.25. The van der Waals surface area contributed by atoms with Crippen LogP contribution in [0.15, 0.2) is 42.2 Å². The van der Waals surface area contributed by atoms with E-state index in [0.29, 0.717) is 60.4 Å². The van der Waals surface area contributed by atoms with Crippen LogP contribution in [0.25, 0.3) is 6.08 Å². The second kappa shape index (κ2) is 8.46. The molecule has 156 valence electrons. The zero-order valence-electron chi connectivity index (χ0n) is 16.7. The highest BCUT2D eigenvalue weighted by atomic mass is 16.6. The molecule has 0 saturated carbocycles. The first-order valence-electron chi connectivity index (χ1n) is 9.44. The van der Waals surface area contributed by atoms with Gasteiger partial charge in [-0.15, -0.1) is 0 Å². The van der Waals surface area contributed by atoms with Gasteiger partial charge in [-0.05, 0) is 30.3 Å². The Morgan fingerprint density at radius 2 is 1.80 bits per heavy atom. The third kappa shape index (κ3) is 3.95. The highest BCUT2D eigenvalue weighted by Crippen LogP contribution is 2.36. The molecule has 2 aliphatic rings. The standard InChI is InChI=1S/C22H21NO7/c1-26-15-4-3-14(18(12-15)27-2)11-20-21(24)17-6-5-16(13-19(17)30-20)29-22(25)23-7-9-28-10-8-23/h3-6,11-13H,7-10H2,1-2H3/b20-11+. The number of amides is 1. The largest absolute Gasteiger partial charge is 0.497 e. The monoisotopic (exact) mass is 411 g/mol. The molecule has 0 bridgehead atoms. The molecule has 2 aliphatic heterocycles. The lowest BCUT2D eigenvalue weighted by Crippen LogP contribution is -2.42. The topological polar surface area (TPSA) is 83.5 Å². The maximum atomic E-state index is 12.7. The number of hydrogen-bond acceptors (Lipinski definition) is 7. The fraction of sp³-hybridized carbons (Fsp3) is 0.273. The van der Waals surface area contributed by atoms with Crippen molar-refractivity contribution in [1.82, 2.24) is 4.90 Å². The van der Waals surface area contributed by atoms with Crippen molar-refractivity contribution >= 4 is 18.0 Å². The number of carbonyl (C=O) groups excluding carboxylic acids is 2. The number of hydrogen-bond donors (Lipinski definition) is 0. The van der Waals surface area contributed by atoms with Gasteiger partial charge in [-0.25, -0.2) is 4.79 Å². The first-order chi connectivity index (χ1) is 14.6. The summed E-state index contributed by atoms with van der Waals surface area (Å²) < 4.78 is 27.0. The molecule has 8 heteroatoms. The van der Waals surface area contributed by atoms with E-state index in [9.17, 15) is 9.59 Å². The Kier molecular flexibility index (Phi) is 5.58. The minimum absolute atomic E-state index is 0.158. The van der Waals surface area contributed by atoms with E-state index in [1.165, 1.54) is 13.2 Å². The van der Waals surface area contributed by atoms with Crippen LogP contribution < -0.4 is 18.9 Å². The van der Waals surface area contributed by atoms with Gasteiger partial charge in [0.2, 0.25) is 5.78 Å². The Bertz CT molecular complexity index is 1010. The first-order valence-corrected chi connectivity index (χ1v) is 9.44. The second-order valence-electron chi connectivity index (χ2n) is 6.67. The normalized spacial score (nSPS) is 16.8. The van der Waals surface area contributed by atoms with Gasteiger partial charge in [0.15, 0.2) is 5.76 Å². The fourth-order valence-corrected chi connectivity index (χ4v) is 3.22. The number of nitrogens with zero attached hydrogens (tertiary/aromatic N) is 1. The minimum Gasteiger partial charge on any atom is -0.497 e. The Balaban J connectivity index is 1.53. The smallest absolute Gasteiger partial charge is 0.415 e. The molecule has 1 saturated heterocycles. The van der Waals surface area contributed by atoms with Crippen LogP contribution in [0.5, 0.6) is 23.0 Å². The van der Waals surface area contributed by atoms with Crippen LogP contribution in [0.4, 0.5) is 4.79 Å². The summed E-state index contributed by atoms with van der Waals surface area (Å²) in [5.41, 5.74) is 1.08. The van der Waals surface area contributed by atoms with Gasteiger partial charge in [-0.2, -0.15) is 0 Å². The second-order valence-corrected chi connectivity index (χ2v) is 6.67. The van der Waals surface area contributed by atoms with Crippen LogP contribution in [0, 0.1) is 0 Å². The van der Waals surface area contributed by atoms with E-state index in [0.717, 1.165) is 0 Å². The number of allylic oxidation sites excluding steroid dienone is 1. The predicted octanol–water partition coefficient (Wildman–Crippen LogP) is 3.15. The van der Waals surface area contributed by atoms with Crippen molar-refractivity contribution in [2.24, 2.45) is 0 Å². The number of methoxy groups -OCH3 is 2. The van der Waals surface area contributed by atoms with Crippen LogP contribution >= 0.6 is 0 Å². The summed E-state index contributed by atoms with van der Waals surface area (Å²) in [4.78, 5) is 26.6. The van der Waals surface area contributed by atoms with Gasteiger partial charge >= 0.3 is 6.09 Å². The molecule has 2 aromatic rings. The highest BCUT2D eigenvalue weighted by Gasteiger charge is 2.29. The van der Waals surface area contributed by atoms with Crippen molar-refractivity contribution in [3.8, 4) is 23.0 Å². The van der Waals surface area contributed by atoms with Gasteiger partial charge in [0.05, 0.1) is 33.0 Å². The molecule has 0 radical (unpaired) electrons. The van der Waals surface area contributed by atoms with E-state index in [1.807, 2.05) is 0 Å². The van der Waals surface area contributed by atoms with Gasteiger partial charge in [0, 0.05) is 30.8 Å². The number of fused-ring (bicyclic) bond motifs is 1. The van der Waals surface area contributed by atoms with Gasteiger partial charge in [-0.3, -0.25) is 4.79 Å². The first kappa shape index (κ1) is 19.8. The van der Waals surface area contributed by atoms with Gasteiger partial charge in [0.1, 0.15) is 23.0 Å². The van der Waals surface area contributed by atoms with Crippen LogP contribution in [0.2, 0.25) is 0 Å². The predicted molar refractivity (Wildman–Crippen MR) is 107 cm³/mol. The van der Waals surface area contributed by atoms with Crippen molar-refractivity contribution in [1.29, 1.82) is 0 Å². The van der Waals surface area contributed by atoms with E-state index in [4.69, 9.17) is 23.7 Å². The maximum Gasteiger partial charge on any atom is 0.415 e. The van der Waals surface area contributed by atoms with Crippen LogP contribution in [0.1, 0.15) is 15.9 Å². The molecule has 0 atom stereocenters. The maximum absolute atomic E-state index is 12.7. The summed E-state index contributed by atoms with van der Waals surface area (Å²) in [6.45, 7) is 1.93. The highest BCUT2D eigenvalue weighted by molar-refractivity contribution is 6.14. The van der Waals surface area contributed by atoms with E-state index in [2.05, 4.69) is 0 Å². The molecular weight excluding hydrogens is 390 g/mol. The van der Waals surface area contributed by atoms with E-state index < -0.39 is 6.09 Å². The van der Waals surface area contributed by atoms with Crippen molar-refractivity contribution < 1.29 is 33.3 Å². The van der Waals surface area contributed by atoms with Gasteiger partial charge in [-0.1, -0.05) is 0 Å². The number of carbonyl (C=O) groups is 2. The molecule has 4 rings (SSSR count). The Labute approximate surface area is 173 Å². The van der Waals surface area contributed by atoms with Gasteiger partial charge in [0.25, 0.3) is 0 Å². The Hall–Kier alpha value is -3.52. The van der Waals surface area contributed by atoms with E-state index in [1.54, 1.807) is 48.4 Å². The summed E-state index contributed by atoms with van der Waals surface area (Å²) in [5.74, 6) is 1.74. The van der Waals surface area contributed by atoms with Crippen molar-refractivity contribution in [3.05, 3.63) is 53.3 Å². The summed E-state index contributed by atoms with van der Waals surface area (Å²) in [7, 11) is 3.11. The average Bonchev–Trinajstić information content (AvgIpc) is 3.09. The fourth-order valence-electron chi connectivity index (χ4n) is 3.22. The van der Waals surface area contributed by atoms with Crippen LogP contribution in [-0.2, 0) is 4.74 Å². The molecule has 0 unspecified atom stereocenters. The SMILES string of the molecule is COc1ccc(/C=C2/Oc3cc(OC(=O)N4CCOCC4)ccc3C2=O)c(OC)c1. The Morgan fingerprint density at radius 3 is 2.53 bits per heavy atom. The molecule has 0 spiro atoms. The minimum atomic E-state index is -0.457. The Morgan fingerprint density at radius 1 is 1.03 bits per heavy atom. The summed E-state index contributed by atoms with van der Waals surface area (Å²) in [6.07, 6.45) is 1.15. The molecule has 1 fully saturated rings. The average molecular weight is 411 g/mol. The van der Waals surface area contributed by atoms with Crippen molar-refractivity contribution in [2.45, 2.75) is 0 Å². The zero-order valence-corrected chi connectivity index (χ0v) is 16.7. The number of rotatable bonds is 4. The number of ketones is 1. The van der Waals surface area contributed by atoms with Gasteiger partial charge < -0.3 is 28.6 Å². The molecule has 30 heavy (non-hydrogen) atoms. The van der Waals surface area contributed by atoms with E-state index in [-0.39, 0.29) is 11.5 Å². The molecule has 2 aromatic carbocycles. The third-order valence-corrected chi connectivity index (χ3v) is 4.84. The zero-order chi connectivity index (χ0) is 21.1. The van der Waals surface area contributed by atoms with E-state index >= 15 is 0 Å². The third-order valence-electron chi connectivity index (χ3n) is 4.84. The molecule has 0 aliphatic carbocycles. The molecule has 2 heterocycles. The molecular formula is C22H21NO7. The molecule has 8 nitrogen and oxygen atoms in total. The number of benzene rings is 2. The number of ether oxygens (including phenoxy) is 5.